The minimum absolute atomic E-state index is 0.0283. The third-order valence-corrected chi connectivity index (χ3v) is 2.51. The first-order valence-corrected chi connectivity index (χ1v) is 5.24. The number of aryl methyl sites for hydroxylation is 1. The maximum atomic E-state index is 8.79. The van der Waals surface area contributed by atoms with Crippen molar-refractivity contribution in [2.75, 3.05) is 13.2 Å². The number of aliphatic hydroxyl groups excluding tert-OH is 1. The molecule has 1 aliphatic rings. The Bertz CT molecular complexity index is 324. The second-order valence-corrected chi connectivity index (χ2v) is 3.85. The monoisotopic (exact) mass is 208 g/mol. The third kappa shape index (κ3) is 2.56. The highest BCUT2D eigenvalue weighted by Crippen LogP contribution is 2.28. The minimum atomic E-state index is -0.263. The van der Waals surface area contributed by atoms with Crippen LogP contribution in [0.15, 0.2) is 24.3 Å². The Labute approximate surface area is 89.6 Å². The molecule has 1 N–H and O–H groups in total. The Kier molecular flexibility index (Phi) is 3.36. The average molecular weight is 208 g/mol. The van der Waals surface area contributed by atoms with Crippen LogP contribution in [0.5, 0.6) is 0 Å². The Morgan fingerprint density at radius 3 is 3.07 bits per heavy atom. The zero-order valence-electron chi connectivity index (χ0n) is 8.85. The molecule has 1 heterocycles. The predicted molar refractivity (Wildman–Crippen MR) is 56.4 cm³/mol. The summed E-state index contributed by atoms with van der Waals surface area (Å²) in [7, 11) is 0. The molecular weight excluding hydrogens is 192 g/mol. The van der Waals surface area contributed by atoms with Crippen LogP contribution in [0.3, 0.4) is 0 Å². The summed E-state index contributed by atoms with van der Waals surface area (Å²) < 4.78 is 11.2. The first kappa shape index (κ1) is 10.6. The van der Waals surface area contributed by atoms with Crippen LogP contribution in [-0.2, 0) is 9.47 Å². The second-order valence-electron chi connectivity index (χ2n) is 3.85. The second kappa shape index (κ2) is 4.75. The fraction of sp³-hybridized carbons (Fsp3) is 0.500. The normalized spacial score (nSPS) is 25.7. The zero-order valence-corrected chi connectivity index (χ0v) is 8.85. The Balaban J connectivity index is 2.01. The van der Waals surface area contributed by atoms with Gasteiger partial charge in [-0.1, -0.05) is 29.8 Å². The van der Waals surface area contributed by atoms with Crippen LogP contribution in [0.25, 0.3) is 0 Å². The molecule has 0 radical (unpaired) electrons. The van der Waals surface area contributed by atoms with Crippen LogP contribution in [0.2, 0.25) is 0 Å². The van der Waals surface area contributed by atoms with E-state index >= 15 is 0 Å². The van der Waals surface area contributed by atoms with Crippen LogP contribution in [0.1, 0.15) is 23.8 Å². The molecule has 1 aromatic carbocycles. The smallest absolute Gasteiger partial charge is 0.184 e. The van der Waals surface area contributed by atoms with E-state index in [1.165, 1.54) is 5.56 Å². The molecule has 1 aromatic rings. The number of ether oxygens (including phenoxy) is 2. The molecular formula is C12H16O3. The lowest BCUT2D eigenvalue weighted by Gasteiger charge is -2.11. The molecule has 2 unspecified atom stereocenters. The van der Waals surface area contributed by atoms with Crippen molar-refractivity contribution in [3.63, 3.8) is 0 Å². The lowest BCUT2D eigenvalue weighted by atomic mass is 10.1. The molecule has 0 saturated carbocycles. The average Bonchev–Trinajstić information content (AvgIpc) is 2.67. The highest BCUT2D eigenvalue weighted by atomic mass is 16.7. The number of rotatable bonds is 3. The van der Waals surface area contributed by atoms with Crippen molar-refractivity contribution >= 4 is 0 Å². The first-order valence-electron chi connectivity index (χ1n) is 5.24. The summed E-state index contributed by atoms with van der Waals surface area (Å²) in [6.45, 7) is 2.76. The molecule has 0 aliphatic carbocycles. The van der Waals surface area contributed by atoms with Crippen molar-refractivity contribution in [2.24, 2.45) is 0 Å². The van der Waals surface area contributed by atoms with Gasteiger partial charge in [-0.25, -0.2) is 0 Å². The summed E-state index contributed by atoms with van der Waals surface area (Å²) in [4.78, 5) is 0. The summed E-state index contributed by atoms with van der Waals surface area (Å²) in [5.74, 6) is 0. The lowest BCUT2D eigenvalue weighted by Crippen LogP contribution is -2.11. The number of hydrogen-bond acceptors (Lipinski definition) is 3. The van der Waals surface area contributed by atoms with Gasteiger partial charge in [0.2, 0.25) is 0 Å². The minimum Gasteiger partial charge on any atom is -0.396 e. The van der Waals surface area contributed by atoms with E-state index in [0.717, 1.165) is 5.56 Å². The molecule has 2 atom stereocenters. The molecule has 0 spiro atoms. The Hall–Kier alpha value is -0.900. The standard InChI is InChI=1S/C12H16O3/c1-9-3-2-4-10(7-9)12-14-8-11(15-12)5-6-13/h2-4,7,11-13H,5-6,8H2,1H3. The summed E-state index contributed by atoms with van der Waals surface area (Å²) >= 11 is 0. The predicted octanol–water partition coefficient (Wildman–Crippen LogP) is 1.79. The fourth-order valence-electron chi connectivity index (χ4n) is 1.73. The van der Waals surface area contributed by atoms with E-state index in [0.29, 0.717) is 13.0 Å². The number of aliphatic hydroxyl groups is 1. The van der Waals surface area contributed by atoms with E-state index in [-0.39, 0.29) is 19.0 Å². The van der Waals surface area contributed by atoms with E-state index in [1.54, 1.807) is 0 Å². The summed E-state index contributed by atoms with van der Waals surface area (Å²) in [6, 6.07) is 8.10. The van der Waals surface area contributed by atoms with Crippen molar-refractivity contribution in [1.29, 1.82) is 0 Å². The van der Waals surface area contributed by atoms with E-state index in [4.69, 9.17) is 14.6 Å². The largest absolute Gasteiger partial charge is 0.396 e. The van der Waals surface area contributed by atoms with Gasteiger partial charge in [0, 0.05) is 12.2 Å². The maximum Gasteiger partial charge on any atom is 0.184 e. The van der Waals surface area contributed by atoms with Gasteiger partial charge in [0.1, 0.15) is 0 Å². The van der Waals surface area contributed by atoms with Gasteiger partial charge in [0.25, 0.3) is 0 Å². The molecule has 2 rings (SSSR count). The Morgan fingerprint density at radius 2 is 2.33 bits per heavy atom. The van der Waals surface area contributed by atoms with Crippen LogP contribution >= 0.6 is 0 Å². The van der Waals surface area contributed by atoms with E-state index < -0.39 is 0 Å². The van der Waals surface area contributed by atoms with Crippen molar-refractivity contribution in [3.8, 4) is 0 Å². The highest BCUT2D eigenvalue weighted by Gasteiger charge is 2.26. The topological polar surface area (TPSA) is 38.7 Å². The molecule has 0 amide bonds. The zero-order chi connectivity index (χ0) is 10.7. The van der Waals surface area contributed by atoms with Gasteiger partial charge in [0.15, 0.2) is 6.29 Å². The van der Waals surface area contributed by atoms with Crippen LogP contribution in [0, 0.1) is 6.92 Å². The number of benzene rings is 1. The summed E-state index contributed by atoms with van der Waals surface area (Å²) in [5, 5.41) is 8.79. The molecule has 82 valence electrons. The van der Waals surface area contributed by atoms with Crippen LogP contribution in [0.4, 0.5) is 0 Å². The van der Waals surface area contributed by atoms with E-state index in [2.05, 4.69) is 6.07 Å². The SMILES string of the molecule is Cc1cccc(C2OCC(CCO)O2)c1. The third-order valence-electron chi connectivity index (χ3n) is 2.51. The molecule has 15 heavy (non-hydrogen) atoms. The van der Waals surface area contributed by atoms with Crippen LogP contribution < -0.4 is 0 Å². The maximum absolute atomic E-state index is 8.79. The lowest BCUT2D eigenvalue weighted by molar-refractivity contribution is -0.0627. The quantitative estimate of drug-likeness (QED) is 0.823. The molecule has 1 aliphatic heterocycles. The van der Waals surface area contributed by atoms with Gasteiger partial charge >= 0.3 is 0 Å². The van der Waals surface area contributed by atoms with Crippen molar-refractivity contribution in [2.45, 2.75) is 25.7 Å². The number of hydrogen-bond donors (Lipinski definition) is 1. The Morgan fingerprint density at radius 1 is 1.47 bits per heavy atom. The van der Waals surface area contributed by atoms with Gasteiger partial charge in [0.05, 0.1) is 12.7 Å². The van der Waals surface area contributed by atoms with Crippen LogP contribution in [-0.4, -0.2) is 24.4 Å². The molecule has 3 heteroatoms. The molecule has 1 fully saturated rings. The highest BCUT2D eigenvalue weighted by molar-refractivity contribution is 5.23. The van der Waals surface area contributed by atoms with Gasteiger partial charge in [-0.05, 0) is 13.3 Å². The fourth-order valence-corrected chi connectivity index (χ4v) is 1.73. The molecule has 0 bridgehead atoms. The summed E-state index contributed by atoms with van der Waals surface area (Å²) in [6.07, 6.45) is 0.407. The van der Waals surface area contributed by atoms with Gasteiger partial charge in [-0.15, -0.1) is 0 Å². The summed E-state index contributed by atoms with van der Waals surface area (Å²) in [5.41, 5.74) is 2.25. The van der Waals surface area contributed by atoms with Crippen molar-refractivity contribution in [1.82, 2.24) is 0 Å². The van der Waals surface area contributed by atoms with Gasteiger partial charge in [-0.3, -0.25) is 0 Å². The first-order chi connectivity index (χ1) is 7.29. The van der Waals surface area contributed by atoms with E-state index in [1.807, 2.05) is 25.1 Å². The van der Waals surface area contributed by atoms with Crippen molar-refractivity contribution < 1.29 is 14.6 Å². The molecule has 1 saturated heterocycles. The van der Waals surface area contributed by atoms with Crippen molar-refractivity contribution in [3.05, 3.63) is 35.4 Å². The molecule has 3 nitrogen and oxygen atoms in total. The van der Waals surface area contributed by atoms with E-state index in [9.17, 15) is 0 Å². The van der Waals surface area contributed by atoms with Gasteiger partial charge in [-0.2, -0.15) is 0 Å². The van der Waals surface area contributed by atoms with Gasteiger partial charge < -0.3 is 14.6 Å². The molecule has 0 aromatic heterocycles.